The summed E-state index contributed by atoms with van der Waals surface area (Å²) in [5.41, 5.74) is 3.67. The number of aryl methyl sites for hydroxylation is 2. The fourth-order valence-electron chi connectivity index (χ4n) is 5.53. The topological polar surface area (TPSA) is 98.2 Å². The van der Waals surface area contributed by atoms with Crippen molar-refractivity contribution in [3.05, 3.63) is 113 Å². The van der Waals surface area contributed by atoms with E-state index in [1.165, 1.54) is 16.2 Å². The van der Waals surface area contributed by atoms with Gasteiger partial charge in [0.2, 0.25) is 0 Å². The van der Waals surface area contributed by atoms with Crippen molar-refractivity contribution in [2.45, 2.75) is 19.9 Å². The number of carbonyl (C=O) groups excluding carboxylic acids is 2. The lowest BCUT2D eigenvalue weighted by molar-refractivity contribution is -0.132. The summed E-state index contributed by atoms with van der Waals surface area (Å²) in [6.45, 7) is 4.76. The number of Topliss-reactive ketones (excluding diaryl/α,β-unsaturated/α-hetero) is 1. The molecule has 4 aromatic carbocycles. The van der Waals surface area contributed by atoms with Crippen molar-refractivity contribution in [1.29, 1.82) is 0 Å². The van der Waals surface area contributed by atoms with E-state index >= 15 is 0 Å². The van der Waals surface area contributed by atoms with Gasteiger partial charge >= 0.3 is 5.91 Å². The molecule has 0 spiro atoms. The van der Waals surface area contributed by atoms with Gasteiger partial charge in [0, 0.05) is 5.56 Å². The van der Waals surface area contributed by atoms with Crippen molar-refractivity contribution in [3.63, 3.8) is 0 Å². The number of anilines is 1. The maximum absolute atomic E-state index is 13.8. The van der Waals surface area contributed by atoms with Crippen molar-refractivity contribution in [2.24, 2.45) is 0 Å². The van der Waals surface area contributed by atoms with E-state index in [1.807, 2.05) is 56.3 Å². The van der Waals surface area contributed by atoms with Gasteiger partial charge in [-0.2, -0.15) is 0 Å². The Bertz CT molecular complexity index is 1950. The number of ketones is 1. The summed E-state index contributed by atoms with van der Waals surface area (Å²) >= 11 is 1.33. The first-order chi connectivity index (χ1) is 20.9. The summed E-state index contributed by atoms with van der Waals surface area (Å²) in [5, 5.41) is 12.0. The molecule has 3 heterocycles. The highest BCUT2D eigenvalue weighted by Gasteiger charge is 2.48. The predicted molar refractivity (Wildman–Crippen MR) is 164 cm³/mol. The second-order valence-corrected chi connectivity index (χ2v) is 11.4. The molecule has 214 valence electrons. The number of hydrogen-bond donors (Lipinski definition) is 1. The number of ether oxygens (including phenoxy) is 3. The third-order valence-corrected chi connectivity index (χ3v) is 8.44. The molecule has 2 aliphatic rings. The molecule has 0 saturated carbocycles. The number of amides is 1. The van der Waals surface area contributed by atoms with E-state index in [0.717, 1.165) is 21.3 Å². The Labute approximate surface area is 251 Å². The molecule has 43 heavy (non-hydrogen) atoms. The van der Waals surface area contributed by atoms with E-state index in [2.05, 4.69) is 0 Å². The van der Waals surface area contributed by atoms with Crippen molar-refractivity contribution in [1.82, 2.24) is 4.98 Å². The van der Waals surface area contributed by atoms with Gasteiger partial charge in [-0.1, -0.05) is 47.7 Å². The summed E-state index contributed by atoms with van der Waals surface area (Å²) in [6, 6.07) is 24.5. The van der Waals surface area contributed by atoms with Crippen LogP contribution >= 0.6 is 11.3 Å². The Morgan fingerprint density at radius 1 is 0.907 bits per heavy atom. The maximum atomic E-state index is 13.8. The minimum absolute atomic E-state index is 0.0503. The number of nitrogens with zero attached hydrogens (tertiary/aromatic N) is 2. The molecule has 1 N–H and O–H groups in total. The Morgan fingerprint density at radius 3 is 2.49 bits per heavy atom. The van der Waals surface area contributed by atoms with Crippen LogP contribution in [0, 0.1) is 13.8 Å². The molecule has 1 aromatic heterocycles. The smallest absolute Gasteiger partial charge is 0.301 e. The van der Waals surface area contributed by atoms with E-state index in [1.54, 1.807) is 42.5 Å². The van der Waals surface area contributed by atoms with Crippen LogP contribution in [0.2, 0.25) is 0 Å². The Kier molecular flexibility index (Phi) is 6.59. The molecule has 7 rings (SSSR count). The molecule has 0 radical (unpaired) electrons. The Morgan fingerprint density at radius 2 is 1.67 bits per heavy atom. The van der Waals surface area contributed by atoms with Crippen LogP contribution < -0.4 is 19.1 Å². The second kappa shape index (κ2) is 10.6. The molecule has 1 atom stereocenters. The van der Waals surface area contributed by atoms with Crippen molar-refractivity contribution >= 4 is 44.1 Å². The van der Waals surface area contributed by atoms with E-state index in [-0.39, 0.29) is 11.3 Å². The molecule has 1 amide bonds. The fourth-order valence-corrected chi connectivity index (χ4v) is 6.69. The summed E-state index contributed by atoms with van der Waals surface area (Å²) in [7, 11) is 0. The van der Waals surface area contributed by atoms with Crippen LogP contribution in [0.25, 0.3) is 16.0 Å². The molecular formula is C34H26N2O6S. The van der Waals surface area contributed by atoms with Gasteiger partial charge < -0.3 is 19.3 Å². The van der Waals surface area contributed by atoms with Gasteiger partial charge in [0.1, 0.15) is 30.5 Å². The monoisotopic (exact) mass is 590 g/mol. The highest BCUT2D eigenvalue weighted by molar-refractivity contribution is 7.22. The molecular weight excluding hydrogens is 564 g/mol. The number of hydrogen-bond acceptors (Lipinski definition) is 8. The first-order valence-corrected chi connectivity index (χ1v) is 14.6. The lowest BCUT2D eigenvalue weighted by Crippen LogP contribution is -2.29. The summed E-state index contributed by atoms with van der Waals surface area (Å²) in [5.74, 6) is 0.268. The van der Waals surface area contributed by atoms with Crippen LogP contribution in [0.1, 0.15) is 28.3 Å². The average Bonchev–Trinajstić information content (AvgIpc) is 3.55. The third kappa shape index (κ3) is 4.77. The quantitative estimate of drug-likeness (QED) is 0.132. The highest BCUT2D eigenvalue weighted by atomic mass is 32.1. The maximum Gasteiger partial charge on any atom is 0.301 e. The van der Waals surface area contributed by atoms with Gasteiger partial charge in [-0.15, -0.1) is 0 Å². The van der Waals surface area contributed by atoms with Gasteiger partial charge in [0.15, 0.2) is 16.6 Å². The predicted octanol–water partition coefficient (Wildman–Crippen LogP) is 7.10. The number of aliphatic hydroxyl groups is 1. The largest absolute Gasteiger partial charge is 0.507 e. The Hall–Kier alpha value is -5.15. The van der Waals surface area contributed by atoms with Gasteiger partial charge in [0.05, 0.1) is 21.8 Å². The lowest BCUT2D eigenvalue weighted by Gasteiger charge is -2.23. The van der Waals surface area contributed by atoms with E-state index in [9.17, 15) is 14.7 Å². The lowest BCUT2D eigenvalue weighted by atomic mass is 9.95. The van der Waals surface area contributed by atoms with E-state index < -0.39 is 17.7 Å². The molecule has 5 aromatic rings. The summed E-state index contributed by atoms with van der Waals surface area (Å²) < 4.78 is 18.3. The average molecular weight is 591 g/mol. The standard InChI is InChI=1S/C34H26N2O6S/c1-19-15-20(2)29-27(16-19)43-34(35-29)36-30(21-7-6-10-24(17-21)42-23-8-4-3-5-9-23)28(32(38)33(36)39)31(37)22-11-12-25-26(18-22)41-14-13-40-25/h3-12,15-18,30,37H,13-14H2,1-2H3/b31-28+/t30-/m0/s1. The van der Waals surface area contributed by atoms with Gasteiger partial charge in [0.25, 0.3) is 5.78 Å². The number of para-hydroxylation sites is 1. The minimum Gasteiger partial charge on any atom is -0.507 e. The number of fused-ring (bicyclic) bond motifs is 2. The number of carbonyl (C=O) groups is 2. The van der Waals surface area contributed by atoms with Crippen molar-refractivity contribution in [2.75, 3.05) is 18.1 Å². The zero-order valence-electron chi connectivity index (χ0n) is 23.4. The normalized spacial score (nSPS) is 17.4. The zero-order valence-corrected chi connectivity index (χ0v) is 24.2. The number of thiazole rings is 1. The third-order valence-electron chi connectivity index (χ3n) is 7.44. The van der Waals surface area contributed by atoms with E-state index in [4.69, 9.17) is 19.2 Å². The highest BCUT2D eigenvalue weighted by Crippen LogP contribution is 2.46. The number of benzene rings is 4. The molecule has 1 fully saturated rings. The fraction of sp³-hybridized carbons (Fsp3) is 0.147. The van der Waals surface area contributed by atoms with Gasteiger partial charge in [-0.3, -0.25) is 14.5 Å². The Balaban J connectivity index is 1.40. The zero-order chi connectivity index (χ0) is 29.7. The summed E-state index contributed by atoms with van der Waals surface area (Å²) in [4.78, 5) is 33.8. The van der Waals surface area contributed by atoms with Crippen LogP contribution in [0.3, 0.4) is 0 Å². The SMILES string of the molecule is Cc1cc(C)c2nc(N3C(=O)C(=O)/C(=C(/O)c4ccc5c(c4)OCCO5)[C@@H]3c3cccc(Oc4ccccc4)c3)sc2c1. The second-order valence-electron chi connectivity index (χ2n) is 10.4. The number of rotatable bonds is 5. The molecule has 9 heteroatoms. The molecule has 0 unspecified atom stereocenters. The van der Waals surface area contributed by atoms with Crippen LogP contribution in [0.4, 0.5) is 5.13 Å². The first kappa shape index (κ1) is 26.7. The van der Waals surface area contributed by atoms with Crippen molar-refractivity contribution in [3.8, 4) is 23.0 Å². The molecule has 2 aliphatic heterocycles. The molecule has 0 bridgehead atoms. The van der Waals surface area contributed by atoms with Crippen LogP contribution in [-0.4, -0.2) is 35.0 Å². The van der Waals surface area contributed by atoms with Gasteiger partial charge in [-0.25, -0.2) is 4.98 Å². The number of aliphatic hydroxyl groups excluding tert-OH is 1. The van der Waals surface area contributed by atoms with Crippen LogP contribution in [0.5, 0.6) is 23.0 Å². The minimum atomic E-state index is -0.963. The molecule has 8 nitrogen and oxygen atoms in total. The van der Waals surface area contributed by atoms with Gasteiger partial charge in [-0.05, 0) is 79.1 Å². The van der Waals surface area contributed by atoms with Crippen LogP contribution in [-0.2, 0) is 9.59 Å². The first-order valence-electron chi connectivity index (χ1n) is 13.8. The van der Waals surface area contributed by atoms with Crippen LogP contribution in [0.15, 0.2) is 90.5 Å². The van der Waals surface area contributed by atoms with E-state index in [0.29, 0.717) is 52.5 Å². The van der Waals surface area contributed by atoms with Crippen molar-refractivity contribution < 1.29 is 28.9 Å². The summed E-state index contributed by atoms with van der Waals surface area (Å²) in [6.07, 6.45) is 0. The molecule has 1 saturated heterocycles. The number of aromatic nitrogens is 1. The molecule has 0 aliphatic carbocycles.